The van der Waals surface area contributed by atoms with Crippen LogP contribution in [0.15, 0.2) is 48.5 Å². The van der Waals surface area contributed by atoms with Gasteiger partial charge in [0.25, 0.3) is 0 Å². The SMILES string of the molecule is O=C1c2ccccc2C(=O)c2ccc3c4c(ccc1c24)CC3. The molecule has 22 heavy (non-hydrogen) atoms. The van der Waals surface area contributed by atoms with Crippen molar-refractivity contribution in [3.63, 3.8) is 0 Å². The molecule has 0 bridgehead atoms. The summed E-state index contributed by atoms with van der Waals surface area (Å²) in [7, 11) is 0. The van der Waals surface area contributed by atoms with E-state index in [-0.39, 0.29) is 11.6 Å². The molecule has 0 aromatic heterocycles. The molecule has 3 aromatic carbocycles. The summed E-state index contributed by atoms with van der Waals surface area (Å²) in [5.74, 6) is -0.0865. The maximum atomic E-state index is 13.0. The quantitative estimate of drug-likeness (QED) is 0.493. The van der Waals surface area contributed by atoms with E-state index < -0.39 is 0 Å². The Morgan fingerprint density at radius 3 is 1.55 bits per heavy atom. The molecule has 0 radical (unpaired) electrons. The lowest BCUT2D eigenvalue weighted by molar-refractivity contribution is 0.101. The first kappa shape index (κ1) is 11.9. The van der Waals surface area contributed by atoms with Crippen molar-refractivity contribution in [2.45, 2.75) is 12.8 Å². The minimum absolute atomic E-state index is 0.0432. The lowest BCUT2D eigenvalue weighted by Gasteiger charge is -2.09. The van der Waals surface area contributed by atoms with Crippen LogP contribution in [-0.2, 0) is 12.8 Å². The van der Waals surface area contributed by atoms with Gasteiger partial charge in [0.15, 0.2) is 11.6 Å². The van der Waals surface area contributed by atoms with Crippen LogP contribution in [0.5, 0.6) is 0 Å². The Balaban J connectivity index is 2.02. The minimum atomic E-state index is -0.0432. The smallest absolute Gasteiger partial charge is 0.194 e. The van der Waals surface area contributed by atoms with Crippen LogP contribution >= 0.6 is 0 Å². The molecule has 104 valence electrons. The van der Waals surface area contributed by atoms with Crippen molar-refractivity contribution in [3.8, 4) is 0 Å². The molecule has 0 saturated carbocycles. The Morgan fingerprint density at radius 2 is 1.05 bits per heavy atom. The number of hydrogen-bond donors (Lipinski definition) is 0. The van der Waals surface area contributed by atoms with Crippen LogP contribution < -0.4 is 0 Å². The lowest BCUT2D eigenvalue weighted by Crippen LogP contribution is -2.06. The van der Waals surface area contributed by atoms with Crippen molar-refractivity contribution < 1.29 is 9.59 Å². The second kappa shape index (κ2) is 3.92. The summed E-state index contributed by atoms with van der Waals surface area (Å²) >= 11 is 0. The third-order valence-corrected chi connectivity index (χ3v) is 4.90. The van der Waals surface area contributed by atoms with E-state index in [2.05, 4.69) is 0 Å². The first-order chi connectivity index (χ1) is 10.8. The number of hydrogen-bond acceptors (Lipinski definition) is 2. The van der Waals surface area contributed by atoms with Crippen LogP contribution in [0.2, 0.25) is 0 Å². The third-order valence-electron chi connectivity index (χ3n) is 4.90. The molecule has 0 spiro atoms. The van der Waals surface area contributed by atoms with Crippen LogP contribution in [0.1, 0.15) is 43.0 Å². The zero-order chi connectivity index (χ0) is 14.8. The topological polar surface area (TPSA) is 34.1 Å². The number of carbonyl (C=O) groups excluding carboxylic acids is 2. The Hall–Kier alpha value is -2.74. The van der Waals surface area contributed by atoms with E-state index in [0.29, 0.717) is 22.3 Å². The van der Waals surface area contributed by atoms with Gasteiger partial charge in [-0.05, 0) is 29.4 Å². The van der Waals surface area contributed by atoms with Gasteiger partial charge in [-0.1, -0.05) is 48.5 Å². The molecule has 0 aliphatic heterocycles. The number of fused-ring (bicyclic) bond motifs is 1. The molecular weight excluding hydrogens is 272 g/mol. The van der Waals surface area contributed by atoms with Crippen molar-refractivity contribution >= 4 is 22.3 Å². The second-order valence-electron chi connectivity index (χ2n) is 6.00. The highest BCUT2D eigenvalue weighted by Crippen LogP contribution is 2.38. The summed E-state index contributed by atoms with van der Waals surface area (Å²) in [6.45, 7) is 0. The molecule has 2 heteroatoms. The summed E-state index contributed by atoms with van der Waals surface area (Å²) in [4.78, 5) is 25.9. The average Bonchev–Trinajstić information content (AvgIpc) is 2.95. The van der Waals surface area contributed by atoms with Crippen molar-refractivity contribution in [1.82, 2.24) is 0 Å². The highest BCUT2D eigenvalue weighted by molar-refractivity contribution is 6.31. The van der Waals surface area contributed by atoms with Gasteiger partial charge in [-0.3, -0.25) is 9.59 Å². The Kier molecular flexibility index (Phi) is 2.11. The zero-order valence-electron chi connectivity index (χ0n) is 11.8. The summed E-state index contributed by atoms with van der Waals surface area (Å²) < 4.78 is 0. The van der Waals surface area contributed by atoms with E-state index in [0.717, 1.165) is 23.6 Å². The molecule has 0 heterocycles. The third kappa shape index (κ3) is 1.30. The van der Waals surface area contributed by atoms with Gasteiger partial charge in [0, 0.05) is 27.6 Å². The van der Waals surface area contributed by atoms with Gasteiger partial charge in [-0.15, -0.1) is 0 Å². The van der Waals surface area contributed by atoms with E-state index >= 15 is 0 Å². The fourth-order valence-electron chi connectivity index (χ4n) is 3.88. The van der Waals surface area contributed by atoms with Crippen LogP contribution in [0.25, 0.3) is 10.8 Å². The highest BCUT2D eigenvalue weighted by Gasteiger charge is 2.30. The van der Waals surface area contributed by atoms with Crippen LogP contribution in [-0.4, -0.2) is 11.6 Å². The van der Waals surface area contributed by atoms with Crippen molar-refractivity contribution in [1.29, 1.82) is 0 Å². The second-order valence-corrected chi connectivity index (χ2v) is 6.00. The van der Waals surface area contributed by atoms with Gasteiger partial charge >= 0.3 is 0 Å². The molecule has 0 saturated heterocycles. The minimum Gasteiger partial charge on any atom is -0.289 e. The zero-order valence-corrected chi connectivity index (χ0v) is 11.8. The highest BCUT2D eigenvalue weighted by atomic mass is 16.1. The summed E-state index contributed by atoms with van der Waals surface area (Å²) in [6.07, 6.45) is 1.98. The van der Waals surface area contributed by atoms with Gasteiger partial charge in [-0.2, -0.15) is 0 Å². The van der Waals surface area contributed by atoms with Crippen LogP contribution in [0.4, 0.5) is 0 Å². The first-order valence-electron chi connectivity index (χ1n) is 7.51. The first-order valence-corrected chi connectivity index (χ1v) is 7.51. The van der Waals surface area contributed by atoms with Gasteiger partial charge < -0.3 is 0 Å². The Labute approximate surface area is 127 Å². The van der Waals surface area contributed by atoms with Crippen LogP contribution in [0, 0.1) is 0 Å². The van der Waals surface area contributed by atoms with E-state index in [1.165, 1.54) is 11.1 Å². The fourth-order valence-corrected chi connectivity index (χ4v) is 3.88. The Bertz CT molecular complexity index is 934. The predicted molar refractivity (Wildman–Crippen MR) is 84.7 cm³/mol. The maximum absolute atomic E-state index is 13.0. The van der Waals surface area contributed by atoms with Crippen LogP contribution in [0.3, 0.4) is 0 Å². The summed E-state index contributed by atoms with van der Waals surface area (Å²) in [5, 5.41) is 1.99. The standard InChI is InChI=1S/C20H12O2/c21-19-13-3-1-2-4-14(13)20(22)16-10-8-12-6-5-11-7-9-15(19)18(16)17(11)12/h1-4,7-10H,5-6H2. The summed E-state index contributed by atoms with van der Waals surface area (Å²) in [6, 6.07) is 15.0. The molecule has 2 aliphatic rings. The normalized spacial score (nSPS) is 15.1. The van der Waals surface area contributed by atoms with Gasteiger partial charge in [0.1, 0.15) is 0 Å². The largest absolute Gasteiger partial charge is 0.289 e. The van der Waals surface area contributed by atoms with Crippen molar-refractivity contribution in [2.24, 2.45) is 0 Å². The Morgan fingerprint density at radius 1 is 0.545 bits per heavy atom. The molecule has 0 atom stereocenters. The molecule has 0 N–H and O–H groups in total. The monoisotopic (exact) mass is 284 g/mol. The molecule has 2 nitrogen and oxygen atoms in total. The molecular formula is C20H12O2. The molecule has 0 unspecified atom stereocenters. The summed E-state index contributed by atoms with van der Waals surface area (Å²) in [5.41, 5.74) is 4.85. The lowest BCUT2D eigenvalue weighted by atomic mass is 9.93. The van der Waals surface area contributed by atoms with Gasteiger partial charge in [0.2, 0.25) is 0 Å². The molecule has 0 amide bonds. The number of carbonyl (C=O) groups is 2. The molecule has 5 rings (SSSR count). The van der Waals surface area contributed by atoms with Crippen molar-refractivity contribution in [3.05, 3.63) is 81.9 Å². The average molecular weight is 284 g/mol. The van der Waals surface area contributed by atoms with E-state index in [9.17, 15) is 9.59 Å². The molecule has 3 aromatic rings. The van der Waals surface area contributed by atoms with E-state index in [1.807, 2.05) is 36.4 Å². The number of benzene rings is 3. The van der Waals surface area contributed by atoms with Gasteiger partial charge in [-0.25, -0.2) is 0 Å². The molecule has 2 aliphatic carbocycles. The van der Waals surface area contributed by atoms with E-state index in [1.54, 1.807) is 12.1 Å². The number of aryl methyl sites for hydroxylation is 2. The van der Waals surface area contributed by atoms with E-state index in [4.69, 9.17) is 0 Å². The fraction of sp³-hybridized carbons (Fsp3) is 0.100. The maximum Gasteiger partial charge on any atom is 0.194 e. The van der Waals surface area contributed by atoms with Crippen molar-refractivity contribution in [2.75, 3.05) is 0 Å². The molecule has 0 fully saturated rings. The number of rotatable bonds is 0. The van der Waals surface area contributed by atoms with Gasteiger partial charge in [0.05, 0.1) is 0 Å². The predicted octanol–water partition coefficient (Wildman–Crippen LogP) is 3.71. The number of ketones is 2.